The molecular weight excluding hydrogens is 344 g/mol. The van der Waals surface area contributed by atoms with Gasteiger partial charge in [-0.3, -0.25) is 0 Å². The zero-order chi connectivity index (χ0) is 18.8. The number of imidazole rings is 1. The fourth-order valence-corrected chi connectivity index (χ4v) is 3.53. The first-order valence-electron chi connectivity index (χ1n) is 9.31. The second kappa shape index (κ2) is 7.58. The van der Waals surface area contributed by atoms with Crippen LogP contribution in [0.25, 0.3) is 11.0 Å². The van der Waals surface area contributed by atoms with Crippen LogP contribution in [0, 0.1) is 0 Å². The number of aliphatic hydroxyl groups is 1. The lowest BCUT2D eigenvalue weighted by molar-refractivity contribution is 0.0836. The van der Waals surface area contributed by atoms with Crippen LogP contribution in [0.5, 0.6) is 0 Å². The van der Waals surface area contributed by atoms with Crippen molar-refractivity contribution in [3.05, 3.63) is 36.2 Å². The normalized spacial score (nSPS) is 15.6. The maximum atomic E-state index is 9.58. The molecule has 1 aliphatic heterocycles. The van der Waals surface area contributed by atoms with Crippen LogP contribution in [0.15, 0.2) is 24.5 Å². The minimum atomic E-state index is -0.101. The van der Waals surface area contributed by atoms with Crippen LogP contribution >= 0.6 is 0 Å². The van der Waals surface area contributed by atoms with E-state index in [1.165, 1.54) is 0 Å². The van der Waals surface area contributed by atoms with Crippen LogP contribution in [0.3, 0.4) is 0 Å². The van der Waals surface area contributed by atoms with Gasteiger partial charge in [0.2, 0.25) is 0 Å². The summed E-state index contributed by atoms with van der Waals surface area (Å²) in [6, 6.07) is 3.97. The zero-order valence-electron chi connectivity index (χ0n) is 15.6. The summed E-state index contributed by atoms with van der Waals surface area (Å²) in [7, 11) is 0. The molecular formula is C19H24N6O2. The molecule has 8 heteroatoms. The number of fused-ring (bicyclic) bond motifs is 1. The summed E-state index contributed by atoms with van der Waals surface area (Å²) < 4.78 is 7.45. The van der Waals surface area contributed by atoms with Crippen LogP contribution in [-0.2, 0) is 11.3 Å². The molecule has 8 nitrogen and oxygen atoms in total. The third-order valence-electron chi connectivity index (χ3n) is 4.82. The Balaban J connectivity index is 1.62. The quantitative estimate of drug-likeness (QED) is 0.714. The van der Waals surface area contributed by atoms with Crippen molar-refractivity contribution in [2.24, 2.45) is 0 Å². The second-order valence-corrected chi connectivity index (χ2v) is 7.02. The van der Waals surface area contributed by atoms with Gasteiger partial charge in [-0.05, 0) is 32.8 Å². The van der Waals surface area contributed by atoms with Crippen LogP contribution in [-0.4, -0.2) is 42.8 Å². The van der Waals surface area contributed by atoms with Crippen LogP contribution in [0.4, 0.5) is 11.6 Å². The lowest BCUT2D eigenvalue weighted by Crippen LogP contribution is -2.16. The van der Waals surface area contributed by atoms with Gasteiger partial charge in [0.05, 0.1) is 11.7 Å². The highest BCUT2D eigenvalue weighted by atomic mass is 16.5. The van der Waals surface area contributed by atoms with Gasteiger partial charge in [-0.1, -0.05) is 0 Å². The molecule has 2 N–H and O–H groups in total. The van der Waals surface area contributed by atoms with Gasteiger partial charge in [-0.15, -0.1) is 0 Å². The molecule has 0 amide bonds. The minimum absolute atomic E-state index is 0.101. The second-order valence-electron chi connectivity index (χ2n) is 7.02. The van der Waals surface area contributed by atoms with Gasteiger partial charge < -0.3 is 19.7 Å². The number of nitrogens with zero attached hydrogens (tertiary/aromatic N) is 5. The first-order chi connectivity index (χ1) is 13.2. The van der Waals surface area contributed by atoms with Gasteiger partial charge >= 0.3 is 0 Å². The lowest BCUT2D eigenvalue weighted by atomic mass is 9.99. The van der Waals surface area contributed by atoms with Crippen molar-refractivity contribution in [2.75, 3.05) is 18.5 Å². The summed E-state index contributed by atoms with van der Waals surface area (Å²) in [5.41, 5.74) is 1.70. The number of hydrogen-bond donors (Lipinski definition) is 2. The molecule has 142 valence electrons. The van der Waals surface area contributed by atoms with E-state index in [9.17, 15) is 5.11 Å². The first-order valence-corrected chi connectivity index (χ1v) is 9.31. The van der Waals surface area contributed by atoms with Gasteiger partial charge in [0.15, 0.2) is 0 Å². The van der Waals surface area contributed by atoms with Crippen LogP contribution in [0.2, 0.25) is 0 Å². The highest BCUT2D eigenvalue weighted by molar-refractivity contribution is 5.79. The molecule has 0 aliphatic carbocycles. The molecule has 0 saturated carbocycles. The molecule has 0 unspecified atom stereocenters. The Morgan fingerprint density at radius 3 is 2.78 bits per heavy atom. The highest BCUT2D eigenvalue weighted by Gasteiger charge is 2.19. The maximum Gasteiger partial charge on any atom is 0.136 e. The van der Waals surface area contributed by atoms with Gasteiger partial charge in [0.1, 0.15) is 35.4 Å². The Morgan fingerprint density at radius 2 is 2.04 bits per heavy atom. The van der Waals surface area contributed by atoms with E-state index in [1.807, 2.05) is 16.7 Å². The Kier molecular flexibility index (Phi) is 5.00. The van der Waals surface area contributed by atoms with Crippen molar-refractivity contribution >= 4 is 22.7 Å². The van der Waals surface area contributed by atoms with E-state index in [-0.39, 0.29) is 12.6 Å². The average Bonchev–Trinajstić information content (AvgIpc) is 3.07. The number of rotatable bonds is 5. The molecule has 3 aromatic rings. The van der Waals surface area contributed by atoms with Gasteiger partial charge in [0.25, 0.3) is 0 Å². The van der Waals surface area contributed by atoms with E-state index in [4.69, 9.17) is 4.74 Å². The predicted molar refractivity (Wildman–Crippen MR) is 102 cm³/mol. The van der Waals surface area contributed by atoms with E-state index < -0.39 is 0 Å². The topological polar surface area (TPSA) is 98.0 Å². The molecule has 3 aromatic heterocycles. The van der Waals surface area contributed by atoms with Gasteiger partial charge in [-0.2, -0.15) is 0 Å². The lowest BCUT2D eigenvalue weighted by Gasteiger charge is -2.20. The highest BCUT2D eigenvalue weighted by Crippen LogP contribution is 2.26. The number of pyridine rings is 1. The Morgan fingerprint density at radius 1 is 1.22 bits per heavy atom. The summed E-state index contributed by atoms with van der Waals surface area (Å²) in [5.74, 6) is 3.23. The van der Waals surface area contributed by atoms with Gasteiger partial charge in [-0.25, -0.2) is 19.9 Å². The minimum Gasteiger partial charge on any atom is -0.388 e. The van der Waals surface area contributed by atoms with Crippen LogP contribution < -0.4 is 5.32 Å². The molecule has 4 heterocycles. The van der Waals surface area contributed by atoms with Crippen molar-refractivity contribution in [1.82, 2.24) is 24.5 Å². The van der Waals surface area contributed by atoms with E-state index in [0.29, 0.717) is 17.6 Å². The SMILES string of the molecule is CC(C)n1c(CO)nc2cnc(Nc3ccnc(C4CCOCC4)n3)cc21. The number of aliphatic hydroxyl groups excluding tert-OH is 1. The smallest absolute Gasteiger partial charge is 0.136 e. The Hall–Kier alpha value is -2.58. The molecule has 1 aliphatic rings. The molecule has 0 atom stereocenters. The molecule has 1 saturated heterocycles. The average molecular weight is 368 g/mol. The van der Waals surface area contributed by atoms with E-state index >= 15 is 0 Å². The number of nitrogens with one attached hydrogen (secondary N) is 1. The summed E-state index contributed by atoms with van der Waals surface area (Å²) in [6.07, 6.45) is 5.40. The fourth-order valence-electron chi connectivity index (χ4n) is 3.53. The largest absolute Gasteiger partial charge is 0.388 e. The monoisotopic (exact) mass is 368 g/mol. The molecule has 0 radical (unpaired) electrons. The zero-order valence-corrected chi connectivity index (χ0v) is 15.6. The van der Waals surface area contributed by atoms with Crippen molar-refractivity contribution in [1.29, 1.82) is 0 Å². The number of hydrogen-bond acceptors (Lipinski definition) is 7. The number of ether oxygens (including phenoxy) is 1. The molecule has 4 rings (SSSR count). The van der Waals surface area contributed by atoms with Crippen molar-refractivity contribution in [3.63, 3.8) is 0 Å². The van der Waals surface area contributed by atoms with E-state index in [2.05, 4.69) is 39.1 Å². The maximum absolute atomic E-state index is 9.58. The van der Waals surface area contributed by atoms with Crippen molar-refractivity contribution < 1.29 is 9.84 Å². The molecule has 0 spiro atoms. The number of aromatic nitrogens is 5. The first kappa shape index (κ1) is 17.8. The van der Waals surface area contributed by atoms with Crippen molar-refractivity contribution in [3.8, 4) is 0 Å². The molecule has 1 fully saturated rings. The molecule has 27 heavy (non-hydrogen) atoms. The van der Waals surface area contributed by atoms with Crippen LogP contribution in [0.1, 0.15) is 50.3 Å². The fraction of sp³-hybridized carbons (Fsp3) is 0.474. The molecule has 0 aromatic carbocycles. The summed E-state index contributed by atoms with van der Waals surface area (Å²) in [5, 5.41) is 12.9. The van der Waals surface area contributed by atoms with Gasteiger partial charge in [0, 0.05) is 37.4 Å². The summed E-state index contributed by atoms with van der Waals surface area (Å²) >= 11 is 0. The number of anilines is 2. The van der Waals surface area contributed by atoms with Crippen molar-refractivity contribution in [2.45, 2.75) is 45.3 Å². The molecule has 0 bridgehead atoms. The van der Waals surface area contributed by atoms with E-state index in [1.54, 1.807) is 12.4 Å². The summed E-state index contributed by atoms with van der Waals surface area (Å²) in [6.45, 7) is 5.55. The standard InChI is InChI=1S/C19H24N6O2/c1-12(2)25-15-9-17(21-10-14(15)22-18(25)11-26)23-16-3-6-20-19(24-16)13-4-7-27-8-5-13/h3,6,9-10,12-13,26H,4-5,7-8,11H2,1-2H3,(H,20,21,23,24). The third kappa shape index (κ3) is 3.63. The predicted octanol–water partition coefficient (Wildman–Crippen LogP) is 2.93. The summed E-state index contributed by atoms with van der Waals surface area (Å²) in [4.78, 5) is 18.0. The Labute approximate surface area is 157 Å². The third-order valence-corrected chi connectivity index (χ3v) is 4.82. The Bertz CT molecular complexity index is 933. The van der Waals surface area contributed by atoms with E-state index in [0.717, 1.165) is 48.7 Å².